The molecule has 6 rings (SSSR count). The van der Waals surface area contributed by atoms with Crippen LogP contribution in [0.15, 0.2) is 57.0 Å². The molecule has 218 valence electrons. The van der Waals surface area contributed by atoms with E-state index < -0.39 is 64.7 Å². The lowest BCUT2D eigenvalue weighted by molar-refractivity contribution is -0.138. The summed E-state index contributed by atoms with van der Waals surface area (Å²) < 4.78 is 10.9. The fourth-order valence-electron chi connectivity index (χ4n) is 7.43. The number of fused-ring (bicyclic) bond motifs is 4. The van der Waals surface area contributed by atoms with Gasteiger partial charge in [0.15, 0.2) is 11.5 Å². The quantitative estimate of drug-likeness (QED) is 0.353. The first-order valence-corrected chi connectivity index (χ1v) is 14.9. The Morgan fingerprint density at radius 1 is 1.00 bits per heavy atom. The molecule has 2 aliphatic carbocycles. The number of phenols is 1. The average molecular weight is 702 g/mol. The van der Waals surface area contributed by atoms with E-state index in [0.29, 0.717) is 25.1 Å². The number of halogens is 2. The number of carbonyl (C=O) groups is 5. The standard InChI is InChI=1S/C30H26Br2N2O8/c1-30-18(26(37)33(28(30)39)13-7-5-4-6-8-13)11-16-14(21(30)17-12-19(41-2)24(35)23(32)22(17)31)9-10-15-20(16)27(38)34(25(15)36)29(40)42-3/h4-9,12,15-16,18,20-21,35H,10-11H2,1-3H3. The molecule has 0 spiro atoms. The maximum absolute atomic E-state index is 14.5. The zero-order valence-corrected chi connectivity index (χ0v) is 26.0. The second-order valence-corrected chi connectivity index (χ2v) is 12.7. The number of para-hydroxylation sites is 1. The van der Waals surface area contributed by atoms with Crippen molar-refractivity contribution in [2.75, 3.05) is 19.1 Å². The molecular weight excluding hydrogens is 676 g/mol. The number of likely N-dealkylation sites (tertiary alicyclic amines) is 1. The zero-order valence-electron chi connectivity index (χ0n) is 22.8. The molecule has 0 aromatic heterocycles. The minimum atomic E-state index is -1.29. The monoisotopic (exact) mass is 700 g/mol. The summed E-state index contributed by atoms with van der Waals surface area (Å²) in [7, 11) is 2.51. The molecule has 5 amide bonds. The molecule has 10 nitrogen and oxygen atoms in total. The molecule has 2 aromatic rings. The number of hydrogen-bond donors (Lipinski definition) is 1. The van der Waals surface area contributed by atoms with Crippen LogP contribution in [0.3, 0.4) is 0 Å². The lowest BCUT2D eigenvalue weighted by atomic mass is 9.51. The summed E-state index contributed by atoms with van der Waals surface area (Å²) in [6.45, 7) is 1.76. The third-order valence-corrected chi connectivity index (χ3v) is 11.5. The summed E-state index contributed by atoms with van der Waals surface area (Å²) in [4.78, 5) is 69.7. The Labute approximate surface area is 257 Å². The Bertz CT molecular complexity index is 1610. The van der Waals surface area contributed by atoms with E-state index in [9.17, 15) is 29.1 Å². The fraction of sp³-hybridized carbons (Fsp3) is 0.367. The number of hydrogen-bond acceptors (Lipinski definition) is 8. The van der Waals surface area contributed by atoms with Crippen LogP contribution in [0.4, 0.5) is 10.5 Å². The summed E-state index contributed by atoms with van der Waals surface area (Å²) in [5.41, 5.74) is 0.430. The normalized spacial score (nSPS) is 30.1. The average Bonchev–Trinajstić information content (AvgIpc) is 3.36. The number of rotatable bonds is 3. The summed E-state index contributed by atoms with van der Waals surface area (Å²) in [5, 5.41) is 10.7. The maximum atomic E-state index is 14.5. The summed E-state index contributed by atoms with van der Waals surface area (Å²) >= 11 is 7.01. The second kappa shape index (κ2) is 10.0. The van der Waals surface area contributed by atoms with E-state index in [1.54, 1.807) is 43.3 Å². The Hall–Kier alpha value is -3.51. The van der Waals surface area contributed by atoms with Crippen molar-refractivity contribution in [3.8, 4) is 11.5 Å². The molecule has 6 unspecified atom stereocenters. The molecular formula is C30H26Br2N2O8. The van der Waals surface area contributed by atoms with Gasteiger partial charge in [0.2, 0.25) is 23.6 Å². The molecule has 42 heavy (non-hydrogen) atoms. The van der Waals surface area contributed by atoms with Gasteiger partial charge in [-0.3, -0.25) is 19.2 Å². The van der Waals surface area contributed by atoms with Crippen LogP contribution in [-0.4, -0.2) is 53.9 Å². The highest BCUT2D eigenvalue weighted by Gasteiger charge is 2.68. The van der Waals surface area contributed by atoms with Crippen LogP contribution < -0.4 is 9.64 Å². The number of amides is 5. The number of aromatic hydroxyl groups is 1. The van der Waals surface area contributed by atoms with E-state index in [-0.39, 0.29) is 24.3 Å². The molecule has 3 fully saturated rings. The van der Waals surface area contributed by atoms with Crippen LogP contribution in [0.2, 0.25) is 0 Å². The molecule has 2 aliphatic heterocycles. The van der Waals surface area contributed by atoms with Crippen LogP contribution >= 0.6 is 31.9 Å². The molecule has 0 bridgehead atoms. The minimum Gasteiger partial charge on any atom is -0.503 e. The van der Waals surface area contributed by atoms with Crippen LogP contribution in [0.25, 0.3) is 0 Å². The van der Waals surface area contributed by atoms with Gasteiger partial charge in [-0.25, -0.2) is 9.69 Å². The largest absolute Gasteiger partial charge is 0.503 e. The van der Waals surface area contributed by atoms with Gasteiger partial charge in [-0.1, -0.05) is 29.8 Å². The van der Waals surface area contributed by atoms with Crippen molar-refractivity contribution in [3.63, 3.8) is 0 Å². The Kier molecular flexibility index (Phi) is 6.84. The van der Waals surface area contributed by atoms with Gasteiger partial charge in [0.05, 0.1) is 47.5 Å². The lowest BCUT2D eigenvalue weighted by Crippen LogP contribution is -2.49. The SMILES string of the molecule is COC(=O)N1C(=O)C2CC=C3C(CC4C(=O)N(c5ccccc5)C(=O)C4(C)C3c3cc(OC)c(O)c(Br)c3Br)C2C1=O. The highest BCUT2D eigenvalue weighted by atomic mass is 79.9. The van der Waals surface area contributed by atoms with Crippen LogP contribution in [-0.2, 0) is 23.9 Å². The number of benzene rings is 2. The third-order valence-electron chi connectivity index (χ3n) is 9.35. The molecule has 6 atom stereocenters. The van der Waals surface area contributed by atoms with Gasteiger partial charge in [-0.15, -0.1) is 0 Å². The van der Waals surface area contributed by atoms with Gasteiger partial charge in [-0.05, 0) is 81.3 Å². The van der Waals surface area contributed by atoms with E-state index in [0.717, 1.165) is 12.7 Å². The maximum Gasteiger partial charge on any atom is 0.423 e. The minimum absolute atomic E-state index is 0.135. The number of carbonyl (C=O) groups excluding carboxylic acids is 5. The van der Waals surface area contributed by atoms with E-state index in [2.05, 4.69) is 31.9 Å². The highest BCUT2D eigenvalue weighted by molar-refractivity contribution is 9.13. The van der Waals surface area contributed by atoms with Crippen LogP contribution in [0, 0.1) is 29.1 Å². The number of ether oxygens (including phenoxy) is 2. The number of nitrogens with zero attached hydrogens (tertiary/aromatic N) is 2. The number of methoxy groups -OCH3 is 2. The van der Waals surface area contributed by atoms with Gasteiger partial charge in [-0.2, -0.15) is 4.90 Å². The first kappa shape index (κ1) is 28.6. The Morgan fingerprint density at radius 2 is 1.69 bits per heavy atom. The number of anilines is 1. The lowest BCUT2D eigenvalue weighted by Gasteiger charge is -2.49. The van der Waals surface area contributed by atoms with Crippen molar-refractivity contribution in [2.24, 2.45) is 29.1 Å². The second-order valence-electron chi connectivity index (χ2n) is 11.1. The van der Waals surface area contributed by atoms with Gasteiger partial charge < -0.3 is 14.6 Å². The molecule has 1 N–H and O–H groups in total. The molecule has 1 saturated carbocycles. The zero-order chi connectivity index (χ0) is 30.2. The van der Waals surface area contributed by atoms with Crippen molar-refractivity contribution >= 4 is 67.3 Å². The van der Waals surface area contributed by atoms with Crippen molar-refractivity contribution in [1.82, 2.24) is 4.90 Å². The predicted molar refractivity (Wildman–Crippen MR) is 155 cm³/mol. The van der Waals surface area contributed by atoms with Gasteiger partial charge in [0.25, 0.3) is 0 Å². The summed E-state index contributed by atoms with van der Waals surface area (Å²) in [6, 6.07) is 10.3. The number of allylic oxidation sites excluding steroid dienone is 2. The summed E-state index contributed by atoms with van der Waals surface area (Å²) in [5.74, 6) is -6.01. The van der Waals surface area contributed by atoms with Gasteiger partial charge in [0.1, 0.15) is 0 Å². The summed E-state index contributed by atoms with van der Waals surface area (Å²) in [6.07, 6.45) is 1.13. The van der Waals surface area contributed by atoms with Crippen LogP contribution in [0.1, 0.15) is 31.2 Å². The Morgan fingerprint density at radius 3 is 2.33 bits per heavy atom. The fourth-order valence-corrected chi connectivity index (χ4v) is 8.39. The number of phenolic OH excluding ortho intramolecular Hbond substituents is 1. The van der Waals surface area contributed by atoms with E-state index in [1.807, 2.05) is 6.08 Å². The van der Waals surface area contributed by atoms with Crippen molar-refractivity contribution < 1.29 is 38.6 Å². The molecule has 12 heteroatoms. The predicted octanol–water partition coefficient (Wildman–Crippen LogP) is 4.92. The smallest absolute Gasteiger partial charge is 0.423 e. The molecule has 0 radical (unpaired) electrons. The van der Waals surface area contributed by atoms with Gasteiger partial charge in [0, 0.05) is 10.4 Å². The number of imide groups is 4. The first-order valence-electron chi connectivity index (χ1n) is 13.3. The van der Waals surface area contributed by atoms with Crippen molar-refractivity contribution in [1.29, 1.82) is 0 Å². The molecule has 2 aromatic carbocycles. The van der Waals surface area contributed by atoms with E-state index >= 15 is 0 Å². The third kappa shape index (κ3) is 3.70. The van der Waals surface area contributed by atoms with Crippen molar-refractivity contribution in [3.05, 3.63) is 62.6 Å². The topological polar surface area (TPSA) is 131 Å². The molecule has 2 saturated heterocycles. The Balaban J connectivity index is 1.57. The van der Waals surface area contributed by atoms with E-state index in [1.165, 1.54) is 12.0 Å². The van der Waals surface area contributed by atoms with Gasteiger partial charge >= 0.3 is 6.09 Å². The molecule has 4 aliphatic rings. The first-order chi connectivity index (χ1) is 20.0. The highest BCUT2D eigenvalue weighted by Crippen LogP contribution is 2.65. The molecule has 2 heterocycles. The van der Waals surface area contributed by atoms with Crippen LogP contribution in [0.5, 0.6) is 11.5 Å². The van der Waals surface area contributed by atoms with E-state index in [4.69, 9.17) is 9.47 Å². The van der Waals surface area contributed by atoms with Crippen molar-refractivity contribution in [2.45, 2.75) is 25.7 Å².